The Morgan fingerprint density at radius 3 is 2.95 bits per heavy atom. The average molecular weight is 286 g/mol. The molecule has 0 spiro atoms. The van der Waals surface area contributed by atoms with Crippen LogP contribution >= 0.6 is 0 Å². The standard InChI is InChI=1S/C17H22N2O2/c1-11-7-8-19(10-16(11)20)12(2)17(21)14-9-18-15-6-4-3-5-13(14)15/h3-6,9,11-12,16,18,20H,7-8,10H2,1-2H3. The zero-order valence-electron chi connectivity index (χ0n) is 12.5. The summed E-state index contributed by atoms with van der Waals surface area (Å²) in [6.07, 6.45) is 2.40. The van der Waals surface area contributed by atoms with Crippen molar-refractivity contribution >= 4 is 16.7 Å². The molecule has 3 rings (SSSR count). The van der Waals surface area contributed by atoms with E-state index in [0.29, 0.717) is 12.5 Å². The van der Waals surface area contributed by atoms with Gasteiger partial charge in [0.1, 0.15) is 0 Å². The summed E-state index contributed by atoms with van der Waals surface area (Å²) in [5.74, 6) is 0.436. The number of ketones is 1. The maximum Gasteiger partial charge on any atom is 0.181 e. The Morgan fingerprint density at radius 2 is 2.19 bits per heavy atom. The molecule has 1 fully saturated rings. The van der Waals surface area contributed by atoms with Gasteiger partial charge in [0.05, 0.1) is 12.1 Å². The summed E-state index contributed by atoms with van der Waals surface area (Å²) in [5, 5.41) is 11.0. The third-order valence-electron chi connectivity index (χ3n) is 4.73. The zero-order chi connectivity index (χ0) is 15.0. The third-order valence-corrected chi connectivity index (χ3v) is 4.73. The van der Waals surface area contributed by atoms with Gasteiger partial charge in [-0.15, -0.1) is 0 Å². The summed E-state index contributed by atoms with van der Waals surface area (Å²) < 4.78 is 0. The van der Waals surface area contributed by atoms with E-state index < -0.39 is 0 Å². The lowest BCUT2D eigenvalue weighted by molar-refractivity contribution is 0.0147. The Kier molecular flexibility index (Phi) is 3.83. The van der Waals surface area contributed by atoms with Crippen LogP contribution in [0.4, 0.5) is 0 Å². The topological polar surface area (TPSA) is 56.3 Å². The molecule has 1 aromatic carbocycles. The summed E-state index contributed by atoms with van der Waals surface area (Å²) in [7, 11) is 0. The predicted octanol–water partition coefficient (Wildman–Crippen LogP) is 2.44. The molecule has 1 aliphatic heterocycles. The third kappa shape index (κ3) is 2.61. The number of para-hydroxylation sites is 1. The number of β-amino-alcohol motifs (C(OH)–C–C–N with tert-alkyl or cyclic N) is 1. The lowest BCUT2D eigenvalue weighted by Gasteiger charge is -2.37. The highest BCUT2D eigenvalue weighted by Gasteiger charge is 2.31. The van der Waals surface area contributed by atoms with Crippen molar-refractivity contribution in [3.63, 3.8) is 0 Å². The first-order valence-corrected chi connectivity index (χ1v) is 7.60. The van der Waals surface area contributed by atoms with E-state index in [0.717, 1.165) is 29.4 Å². The van der Waals surface area contributed by atoms with Gasteiger partial charge in [-0.2, -0.15) is 0 Å². The van der Waals surface area contributed by atoms with E-state index in [-0.39, 0.29) is 17.9 Å². The number of nitrogens with one attached hydrogen (secondary N) is 1. The minimum absolute atomic E-state index is 0.120. The van der Waals surface area contributed by atoms with E-state index in [1.54, 1.807) is 6.20 Å². The quantitative estimate of drug-likeness (QED) is 0.852. The highest BCUT2D eigenvalue weighted by molar-refractivity contribution is 6.10. The van der Waals surface area contributed by atoms with Crippen molar-refractivity contribution in [3.8, 4) is 0 Å². The first-order chi connectivity index (χ1) is 10.1. The number of benzene rings is 1. The average Bonchev–Trinajstić information content (AvgIpc) is 2.92. The molecule has 2 N–H and O–H groups in total. The van der Waals surface area contributed by atoms with Gasteiger partial charge in [-0.05, 0) is 31.9 Å². The molecular formula is C17H22N2O2. The van der Waals surface area contributed by atoms with E-state index in [2.05, 4.69) is 16.8 Å². The van der Waals surface area contributed by atoms with Gasteiger partial charge in [-0.3, -0.25) is 9.69 Å². The molecule has 0 bridgehead atoms. The molecule has 1 aromatic heterocycles. The van der Waals surface area contributed by atoms with E-state index in [9.17, 15) is 9.90 Å². The molecule has 0 amide bonds. The van der Waals surface area contributed by atoms with Crippen LogP contribution in [-0.2, 0) is 0 Å². The number of carbonyl (C=O) groups is 1. The number of rotatable bonds is 3. The van der Waals surface area contributed by atoms with Gasteiger partial charge in [-0.25, -0.2) is 0 Å². The zero-order valence-corrected chi connectivity index (χ0v) is 12.5. The number of carbonyl (C=O) groups excluding carboxylic acids is 1. The molecule has 2 heterocycles. The second-order valence-electron chi connectivity index (χ2n) is 6.12. The lowest BCUT2D eigenvalue weighted by atomic mass is 9.93. The van der Waals surface area contributed by atoms with Crippen LogP contribution in [0.25, 0.3) is 10.9 Å². The van der Waals surface area contributed by atoms with Gasteiger partial charge in [-0.1, -0.05) is 25.1 Å². The van der Waals surface area contributed by atoms with Crippen molar-refractivity contribution in [3.05, 3.63) is 36.0 Å². The maximum absolute atomic E-state index is 12.8. The van der Waals surface area contributed by atoms with Crippen molar-refractivity contribution in [1.29, 1.82) is 0 Å². The fourth-order valence-electron chi connectivity index (χ4n) is 3.09. The molecule has 0 saturated carbocycles. The highest BCUT2D eigenvalue weighted by atomic mass is 16.3. The Labute approximate surface area is 124 Å². The minimum atomic E-state index is -0.336. The number of H-pyrrole nitrogens is 1. The molecule has 0 aliphatic carbocycles. The van der Waals surface area contributed by atoms with Crippen molar-refractivity contribution in [2.45, 2.75) is 32.4 Å². The van der Waals surface area contributed by atoms with Crippen molar-refractivity contribution in [2.24, 2.45) is 5.92 Å². The van der Waals surface area contributed by atoms with Crippen LogP contribution in [0.2, 0.25) is 0 Å². The molecule has 2 aromatic rings. The van der Waals surface area contributed by atoms with Crippen LogP contribution in [-0.4, -0.2) is 46.0 Å². The molecule has 112 valence electrons. The van der Waals surface area contributed by atoms with Gasteiger partial charge >= 0.3 is 0 Å². The van der Waals surface area contributed by atoms with Gasteiger partial charge in [0, 0.05) is 29.2 Å². The van der Waals surface area contributed by atoms with Crippen molar-refractivity contribution < 1.29 is 9.90 Å². The molecule has 21 heavy (non-hydrogen) atoms. The fraction of sp³-hybridized carbons (Fsp3) is 0.471. The Balaban J connectivity index is 1.81. The largest absolute Gasteiger partial charge is 0.392 e. The fourth-order valence-corrected chi connectivity index (χ4v) is 3.09. The number of aliphatic hydroxyl groups is 1. The van der Waals surface area contributed by atoms with Crippen LogP contribution < -0.4 is 0 Å². The number of hydrogen-bond donors (Lipinski definition) is 2. The molecule has 4 heteroatoms. The summed E-state index contributed by atoms with van der Waals surface area (Å²) in [6, 6.07) is 7.65. The number of hydrogen-bond acceptors (Lipinski definition) is 3. The summed E-state index contributed by atoms with van der Waals surface area (Å²) in [6.45, 7) is 5.45. The molecular weight excluding hydrogens is 264 g/mol. The number of piperidine rings is 1. The number of aliphatic hydroxyl groups excluding tert-OH is 1. The summed E-state index contributed by atoms with van der Waals surface area (Å²) >= 11 is 0. The number of likely N-dealkylation sites (tertiary alicyclic amines) is 1. The highest BCUT2D eigenvalue weighted by Crippen LogP contribution is 2.23. The summed E-state index contributed by atoms with van der Waals surface area (Å²) in [5.41, 5.74) is 1.73. The first-order valence-electron chi connectivity index (χ1n) is 7.60. The smallest absolute Gasteiger partial charge is 0.181 e. The van der Waals surface area contributed by atoms with Crippen LogP contribution in [0.1, 0.15) is 30.6 Å². The van der Waals surface area contributed by atoms with E-state index in [1.165, 1.54) is 0 Å². The number of aromatic amines is 1. The Morgan fingerprint density at radius 1 is 1.43 bits per heavy atom. The van der Waals surface area contributed by atoms with E-state index in [1.807, 2.05) is 31.2 Å². The molecule has 0 radical (unpaired) electrons. The lowest BCUT2D eigenvalue weighted by Crippen LogP contribution is -2.49. The normalized spacial score (nSPS) is 25.1. The second-order valence-corrected chi connectivity index (χ2v) is 6.12. The SMILES string of the molecule is CC1CCN(C(C)C(=O)c2c[nH]c3ccccc23)CC1O. The van der Waals surface area contributed by atoms with E-state index >= 15 is 0 Å². The summed E-state index contributed by atoms with van der Waals surface area (Å²) in [4.78, 5) is 18.0. The molecule has 3 unspecified atom stereocenters. The van der Waals surface area contributed by atoms with Gasteiger partial charge in [0.25, 0.3) is 0 Å². The Bertz CT molecular complexity index is 649. The monoisotopic (exact) mass is 286 g/mol. The van der Waals surface area contributed by atoms with Crippen molar-refractivity contribution in [1.82, 2.24) is 9.88 Å². The molecule has 1 aliphatic rings. The van der Waals surface area contributed by atoms with Gasteiger partial charge < -0.3 is 10.1 Å². The molecule has 1 saturated heterocycles. The van der Waals surface area contributed by atoms with Gasteiger partial charge in [0.2, 0.25) is 0 Å². The van der Waals surface area contributed by atoms with Crippen LogP contribution in [0.5, 0.6) is 0 Å². The minimum Gasteiger partial charge on any atom is -0.392 e. The first kappa shape index (κ1) is 14.3. The van der Waals surface area contributed by atoms with Crippen LogP contribution in [0.15, 0.2) is 30.5 Å². The number of aromatic nitrogens is 1. The number of Topliss-reactive ketones (excluding diaryl/α,β-unsaturated/α-hetero) is 1. The van der Waals surface area contributed by atoms with Crippen molar-refractivity contribution in [2.75, 3.05) is 13.1 Å². The maximum atomic E-state index is 12.8. The second kappa shape index (κ2) is 5.62. The van der Waals surface area contributed by atoms with E-state index in [4.69, 9.17) is 0 Å². The molecule has 4 nitrogen and oxygen atoms in total. The number of fused-ring (bicyclic) bond motifs is 1. The van der Waals surface area contributed by atoms with Gasteiger partial charge in [0.15, 0.2) is 5.78 Å². The number of nitrogens with zero attached hydrogens (tertiary/aromatic N) is 1. The Hall–Kier alpha value is -1.65. The predicted molar refractivity (Wildman–Crippen MR) is 83.5 cm³/mol. The molecule has 3 atom stereocenters. The van der Waals surface area contributed by atoms with Crippen LogP contribution in [0, 0.1) is 5.92 Å². The van der Waals surface area contributed by atoms with Crippen LogP contribution in [0.3, 0.4) is 0 Å².